The van der Waals surface area contributed by atoms with E-state index in [1.807, 2.05) is 30.5 Å². The van der Waals surface area contributed by atoms with Crippen LogP contribution in [0.15, 0.2) is 53.4 Å². The number of nitrogens with zero attached hydrogens (tertiary/aromatic N) is 5. The second kappa shape index (κ2) is 9.18. The summed E-state index contributed by atoms with van der Waals surface area (Å²) < 4.78 is 14.8. The van der Waals surface area contributed by atoms with Crippen LogP contribution in [0.3, 0.4) is 0 Å². The maximum Gasteiger partial charge on any atom is 0.192 e. The van der Waals surface area contributed by atoms with Crippen LogP contribution in [0.1, 0.15) is 52.3 Å². The standard InChI is InChI=1S/C28H34ClN5O2Si/c1-18-21(17-32-34(18)19-15-28(5,16-19)36-37(6,7)27(2,3)4)25-23(26-30-13-10-14-31-26)24(33-35-25)20-11-8-9-12-22(20)29/h8-14,17,19H,15-16H2,1-7H3. The molecule has 1 aromatic carbocycles. The van der Waals surface area contributed by atoms with Gasteiger partial charge in [-0.25, -0.2) is 9.97 Å². The number of benzene rings is 1. The number of hydrogen-bond donors (Lipinski definition) is 0. The Labute approximate surface area is 224 Å². The normalized spacial score (nSPS) is 20.2. The minimum atomic E-state index is -1.86. The highest BCUT2D eigenvalue weighted by Crippen LogP contribution is 2.50. The lowest BCUT2D eigenvalue weighted by atomic mass is 9.77. The molecule has 0 aliphatic heterocycles. The van der Waals surface area contributed by atoms with E-state index in [4.69, 9.17) is 25.6 Å². The Hall–Kier alpha value is -2.81. The van der Waals surface area contributed by atoms with Gasteiger partial charge in [-0.1, -0.05) is 55.7 Å². The van der Waals surface area contributed by atoms with E-state index in [9.17, 15) is 0 Å². The highest BCUT2D eigenvalue weighted by atomic mass is 35.5. The molecule has 5 rings (SSSR count). The van der Waals surface area contributed by atoms with E-state index < -0.39 is 8.32 Å². The van der Waals surface area contributed by atoms with E-state index in [0.29, 0.717) is 27.9 Å². The summed E-state index contributed by atoms with van der Waals surface area (Å²) in [6.07, 6.45) is 7.13. The zero-order chi connectivity index (χ0) is 26.6. The van der Waals surface area contributed by atoms with Crippen molar-refractivity contribution in [3.05, 3.63) is 59.6 Å². The Kier molecular flexibility index (Phi) is 6.41. The van der Waals surface area contributed by atoms with Gasteiger partial charge >= 0.3 is 0 Å². The van der Waals surface area contributed by atoms with Gasteiger partial charge in [0.1, 0.15) is 5.69 Å². The van der Waals surface area contributed by atoms with Crippen LogP contribution in [0.5, 0.6) is 0 Å². The van der Waals surface area contributed by atoms with Gasteiger partial charge in [0.05, 0.1) is 34.0 Å². The lowest BCUT2D eigenvalue weighted by Gasteiger charge is -2.52. The highest BCUT2D eigenvalue weighted by molar-refractivity contribution is 6.74. The molecule has 0 atom stereocenters. The molecule has 37 heavy (non-hydrogen) atoms. The average molecular weight is 536 g/mol. The van der Waals surface area contributed by atoms with Crippen molar-refractivity contribution in [3.8, 4) is 34.0 Å². The van der Waals surface area contributed by atoms with Crippen molar-refractivity contribution in [1.82, 2.24) is 24.9 Å². The van der Waals surface area contributed by atoms with Crippen LogP contribution in [-0.2, 0) is 4.43 Å². The minimum Gasteiger partial charge on any atom is -0.411 e. The van der Waals surface area contributed by atoms with Gasteiger partial charge in [-0.15, -0.1) is 0 Å². The molecule has 1 aliphatic rings. The Bertz CT molecular complexity index is 1420. The zero-order valence-corrected chi connectivity index (χ0v) is 24.3. The van der Waals surface area contributed by atoms with Gasteiger partial charge in [0.15, 0.2) is 19.9 Å². The third-order valence-electron chi connectivity index (χ3n) is 7.89. The summed E-state index contributed by atoms with van der Waals surface area (Å²) in [5.74, 6) is 1.12. The highest BCUT2D eigenvalue weighted by Gasteiger charge is 2.50. The predicted octanol–water partition coefficient (Wildman–Crippen LogP) is 7.74. The fraction of sp³-hybridized carbons (Fsp3) is 0.429. The third-order valence-corrected chi connectivity index (χ3v) is 12.8. The summed E-state index contributed by atoms with van der Waals surface area (Å²) in [4.78, 5) is 9.00. The molecule has 1 saturated carbocycles. The molecule has 0 N–H and O–H groups in total. The van der Waals surface area contributed by atoms with Gasteiger partial charge in [0.25, 0.3) is 0 Å². The minimum absolute atomic E-state index is 0.126. The summed E-state index contributed by atoms with van der Waals surface area (Å²) in [5, 5.41) is 9.96. The first-order valence-corrected chi connectivity index (χ1v) is 16.0. The quantitative estimate of drug-likeness (QED) is 0.235. The van der Waals surface area contributed by atoms with Gasteiger partial charge in [0.2, 0.25) is 0 Å². The van der Waals surface area contributed by atoms with Crippen LogP contribution in [0, 0.1) is 6.92 Å². The van der Waals surface area contributed by atoms with E-state index >= 15 is 0 Å². The summed E-state index contributed by atoms with van der Waals surface area (Å²) in [6, 6.07) is 9.63. The molecule has 0 amide bonds. The summed E-state index contributed by atoms with van der Waals surface area (Å²) >= 11 is 6.53. The number of aromatic nitrogens is 5. The van der Waals surface area contributed by atoms with Gasteiger partial charge in [-0.2, -0.15) is 5.10 Å². The Morgan fingerprint density at radius 1 is 1.08 bits per heavy atom. The first-order valence-electron chi connectivity index (χ1n) is 12.7. The lowest BCUT2D eigenvalue weighted by Crippen LogP contribution is -2.54. The lowest BCUT2D eigenvalue weighted by molar-refractivity contribution is -0.0429. The molecular formula is C28H34ClN5O2Si. The van der Waals surface area contributed by atoms with E-state index in [2.05, 4.69) is 67.5 Å². The van der Waals surface area contributed by atoms with Crippen molar-refractivity contribution in [3.63, 3.8) is 0 Å². The number of halogens is 1. The van der Waals surface area contributed by atoms with Crippen molar-refractivity contribution >= 4 is 19.9 Å². The van der Waals surface area contributed by atoms with Crippen LogP contribution in [0.25, 0.3) is 34.0 Å². The van der Waals surface area contributed by atoms with Crippen molar-refractivity contribution in [2.75, 3.05) is 0 Å². The molecule has 0 radical (unpaired) electrons. The third kappa shape index (κ3) is 4.66. The van der Waals surface area contributed by atoms with E-state index in [1.165, 1.54) is 0 Å². The summed E-state index contributed by atoms with van der Waals surface area (Å²) in [5.41, 5.74) is 3.84. The van der Waals surface area contributed by atoms with Crippen LogP contribution in [0.2, 0.25) is 23.2 Å². The zero-order valence-electron chi connectivity index (χ0n) is 22.5. The predicted molar refractivity (Wildman–Crippen MR) is 149 cm³/mol. The molecule has 0 unspecified atom stereocenters. The maximum atomic E-state index is 6.79. The second-order valence-corrected chi connectivity index (χ2v) is 16.9. The van der Waals surface area contributed by atoms with Crippen LogP contribution >= 0.6 is 11.6 Å². The molecule has 3 heterocycles. The SMILES string of the molecule is Cc1c(-c2onc(-c3ccccc3Cl)c2-c2ncccn2)cnn1C1CC(C)(O[Si](C)(C)C(C)(C)C)C1. The average Bonchev–Trinajstić information content (AvgIpc) is 3.40. The smallest absolute Gasteiger partial charge is 0.192 e. The van der Waals surface area contributed by atoms with Crippen molar-refractivity contribution in [2.45, 2.75) is 77.2 Å². The molecule has 9 heteroatoms. The molecule has 1 fully saturated rings. The van der Waals surface area contributed by atoms with Crippen molar-refractivity contribution in [1.29, 1.82) is 0 Å². The monoisotopic (exact) mass is 535 g/mol. The molecule has 3 aromatic heterocycles. The topological polar surface area (TPSA) is 78.9 Å². The van der Waals surface area contributed by atoms with Crippen molar-refractivity contribution < 1.29 is 8.95 Å². The largest absolute Gasteiger partial charge is 0.411 e. The molecule has 0 saturated heterocycles. The molecule has 0 bridgehead atoms. The van der Waals surface area contributed by atoms with E-state index in [1.54, 1.807) is 18.5 Å². The fourth-order valence-corrected chi connectivity index (χ4v) is 6.85. The molecule has 7 nitrogen and oxygen atoms in total. The second-order valence-electron chi connectivity index (χ2n) is 11.8. The summed E-state index contributed by atoms with van der Waals surface area (Å²) in [6.45, 7) is 15.8. The van der Waals surface area contributed by atoms with Crippen LogP contribution < -0.4 is 0 Å². The van der Waals surface area contributed by atoms with Crippen LogP contribution in [0.4, 0.5) is 0 Å². The Morgan fingerprint density at radius 2 is 1.76 bits per heavy atom. The van der Waals surface area contributed by atoms with E-state index in [0.717, 1.165) is 29.7 Å². The molecule has 194 valence electrons. The van der Waals surface area contributed by atoms with Gasteiger partial charge in [-0.3, -0.25) is 4.68 Å². The summed E-state index contributed by atoms with van der Waals surface area (Å²) in [7, 11) is -1.86. The molecule has 1 aliphatic carbocycles. The Morgan fingerprint density at radius 3 is 2.41 bits per heavy atom. The number of rotatable bonds is 6. The maximum absolute atomic E-state index is 6.79. The molecular weight excluding hydrogens is 502 g/mol. The fourth-order valence-electron chi connectivity index (χ4n) is 4.92. The van der Waals surface area contributed by atoms with Crippen LogP contribution in [-0.4, -0.2) is 38.8 Å². The van der Waals surface area contributed by atoms with Gasteiger partial charge in [0, 0.05) is 23.7 Å². The molecule has 0 spiro atoms. The first-order chi connectivity index (χ1) is 17.4. The Balaban J connectivity index is 1.48. The number of hydrogen-bond acceptors (Lipinski definition) is 6. The van der Waals surface area contributed by atoms with E-state index in [-0.39, 0.29) is 16.7 Å². The van der Waals surface area contributed by atoms with Gasteiger partial charge in [-0.05, 0) is 57.0 Å². The van der Waals surface area contributed by atoms with Gasteiger partial charge < -0.3 is 8.95 Å². The first kappa shape index (κ1) is 25.8. The van der Waals surface area contributed by atoms with Crippen molar-refractivity contribution in [2.24, 2.45) is 0 Å². The molecule has 4 aromatic rings.